The molecule has 132 valence electrons. The molecule has 0 N–H and O–H groups in total. The van der Waals surface area contributed by atoms with Crippen molar-refractivity contribution < 1.29 is 17.5 Å². The summed E-state index contributed by atoms with van der Waals surface area (Å²) >= 11 is 3.18. The van der Waals surface area contributed by atoms with E-state index < -0.39 is 15.8 Å². The molecule has 0 unspecified atom stereocenters. The molecule has 8 heteroatoms. The zero-order chi connectivity index (χ0) is 18.4. The molecule has 0 aliphatic carbocycles. The van der Waals surface area contributed by atoms with Crippen molar-refractivity contribution >= 4 is 26.0 Å². The molecule has 0 atom stereocenters. The maximum Gasteiger partial charge on any atom is 0.243 e. The number of methoxy groups -OCH3 is 1. The summed E-state index contributed by atoms with van der Waals surface area (Å²) in [6.07, 6.45) is 0. The van der Waals surface area contributed by atoms with Crippen LogP contribution in [0.2, 0.25) is 0 Å². The van der Waals surface area contributed by atoms with Crippen LogP contribution in [0.25, 0.3) is 0 Å². The van der Waals surface area contributed by atoms with Crippen LogP contribution in [0.5, 0.6) is 0 Å². The van der Waals surface area contributed by atoms with Crippen LogP contribution >= 0.6 is 15.9 Å². The van der Waals surface area contributed by atoms with Gasteiger partial charge in [-0.3, -0.25) is 0 Å². The van der Waals surface area contributed by atoms with Gasteiger partial charge < -0.3 is 4.74 Å². The lowest BCUT2D eigenvalue weighted by atomic mass is 10.2. The summed E-state index contributed by atoms with van der Waals surface area (Å²) in [6, 6.07) is 12.0. The second-order valence-corrected chi connectivity index (χ2v) is 8.06. The highest BCUT2D eigenvalue weighted by Gasteiger charge is 2.25. The Morgan fingerprint density at radius 1 is 1.24 bits per heavy atom. The Labute approximate surface area is 154 Å². The first-order chi connectivity index (χ1) is 11.9. The molecule has 0 radical (unpaired) electrons. The van der Waals surface area contributed by atoms with E-state index in [1.807, 2.05) is 6.07 Å². The smallest absolute Gasteiger partial charge is 0.243 e. The molecule has 0 saturated carbocycles. The van der Waals surface area contributed by atoms with E-state index in [0.717, 1.165) is 4.31 Å². The Bertz CT molecular complexity index is 880. The maximum absolute atomic E-state index is 14.1. The lowest BCUT2D eigenvalue weighted by Crippen LogP contribution is -2.33. The molecule has 25 heavy (non-hydrogen) atoms. The normalized spacial score (nSPS) is 11.5. The summed E-state index contributed by atoms with van der Waals surface area (Å²) in [6.45, 7) is 0.132. The number of benzene rings is 2. The second-order valence-electron chi connectivity index (χ2n) is 5.20. The number of hydrogen-bond acceptors (Lipinski definition) is 4. The zero-order valence-electron chi connectivity index (χ0n) is 13.4. The van der Waals surface area contributed by atoms with Gasteiger partial charge in [0, 0.05) is 30.2 Å². The van der Waals surface area contributed by atoms with Gasteiger partial charge in [-0.2, -0.15) is 9.57 Å². The minimum absolute atomic E-state index is 0.0418. The van der Waals surface area contributed by atoms with Gasteiger partial charge in [0.25, 0.3) is 0 Å². The molecule has 2 rings (SSSR count). The standard InChI is InChI=1S/C17H16BrFN2O3S/c1-24-9-8-21(12-14-4-5-15(18)10-17(14)19)25(22,23)16-6-2-13(11-20)3-7-16/h2-7,10H,8-9,12H2,1H3. The van der Waals surface area contributed by atoms with Crippen molar-refractivity contribution in [3.63, 3.8) is 0 Å². The van der Waals surface area contributed by atoms with Gasteiger partial charge in [0.15, 0.2) is 0 Å². The van der Waals surface area contributed by atoms with Crippen molar-refractivity contribution in [1.82, 2.24) is 4.31 Å². The predicted molar refractivity (Wildman–Crippen MR) is 94.7 cm³/mol. The highest BCUT2D eigenvalue weighted by molar-refractivity contribution is 9.10. The molecular weight excluding hydrogens is 411 g/mol. The Balaban J connectivity index is 2.35. The second kappa shape index (κ2) is 8.54. The van der Waals surface area contributed by atoms with Gasteiger partial charge in [-0.25, -0.2) is 12.8 Å². The topological polar surface area (TPSA) is 70.4 Å². The fourth-order valence-electron chi connectivity index (χ4n) is 2.17. The molecule has 0 amide bonds. The molecule has 0 spiro atoms. The number of hydrogen-bond donors (Lipinski definition) is 0. The van der Waals surface area contributed by atoms with Crippen LogP contribution < -0.4 is 0 Å². The Kier molecular flexibility index (Phi) is 6.67. The predicted octanol–water partition coefficient (Wildman–Crippen LogP) is 3.30. The third-order valence-electron chi connectivity index (χ3n) is 3.53. The molecule has 0 bridgehead atoms. The van der Waals surface area contributed by atoms with Crippen LogP contribution in [0.4, 0.5) is 4.39 Å². The number of nitriles is 1. The van der Waals surface area contributed by atoms with E-state index in [4.69, 9.17) is 10.00 Å². The molecule has 0 fully saturated rings. The summed E-state index contributed by atoms with van der Waals surface area (Å²) in [5.74, 6) is -0.494. The first kappa shape index (κ1) is 19.5. The molecule has 5 nitrogen and oxygen atoms in total. The van der Waals surface area contributed by atoms with Gasteiger partial charge in [0.2, 0.25) is 10.0 Å². The fraction of sp³-hybridized carbons (Fsp3) is 0.235. The van der Waals surface area contributed by atoms with Gasteiger partial charge in [0.1, 0.15) is 5.82 Å². The fourth-order valence-corrected chi connectivity index (χ4v) is 3.90. The summed E-state index contributed by atoms with van der Waals surface area (Å²) < 4.78 is 46.6. The lowest BCUT2D eigenvalue weighted by Gasteiger charge is -2.22. The number of ether oxygens (including phenoxy) is 1. The highest BCUT2D eigenvalue weighted by Crippen LogP contribution is 2.22. The summed E-state index contributed by atoms with van der Waals surface area (Å²) in [5.41, 5.74) is 0.623. The number of sulfonamides is 1. The minimum atomic E-state index is -3.86. The van der Waals surface area contributed by atoms with Crippen molar-refractivity contribution in [3.05, 3.63) is 63.9 Å². The van der Waals surface area contributed by atoms with Crippen LogP contribution in [0, 0.1) is 17.1 Å². The third kappa shape index (κ3) is 4.86. The van der Waals surface area contributed by atoms with E-state index in [9.17, 15) is 12.8 Å². The van der Waals surface area contributed by atoms with Crippen LogP contribution in [-0.2, 0) is 21.3 Å². The average Bonchev–Trinajstić information content (AvgIpc) is 2.60. The van der Waals surface area contributed by atoms with Crippen LogP contribution in [0.15, 0.2) is 51.8 Å². The van der Waals surface area contributed by atoms with E-state index in [2.05, 4.69) is 15.9 Å². The summed E-state index contributed by atoms with van der Waals surface area (Å²) in [7, 11) is -2.39. The number of nitrogens with zero attached hydrogens (tertiary/aromatic N) is 2. The molecule has 0 saturated heterocycles. The quantitative estimate of drug-likeness (QED) is 0.680. The average molecular weight is 427 g/mol. The monoisotopic (exact) mass is 426 g/mol. The highest BCUT2D eigenvalue weighted by atomic mass is 79.9. The van der Waals surface area contributed by atoms with E-state index in [-0.39, 0.29) is 30.2 Å². The molecule has 2 aromatic carbocycles. The van der Waals surface area contributed by atoms with E-state index in [1.165, 1.54) is 43.5 Å². The minimum Gasteiger partial charge on any atom is -0.383 e. The first-order valence-corrected chi connectivity index (χ1v) is 9.55. The van der Waals surface area contributed by atoms with E-state index >= 15 is 0 Å². The molecule has 0 aliphatic rings. The van der Waals surface area contributed by atoms with Crippen molar-refractivity contribution in [1.29, 1.82) is 5.26 Å². The molecule has 2 aromatic rings. The largest absolute Gasteiger partial charge is 0.383 e. The van der Waals surface area contributed by atoms with Gasteiger partial charge in [-0.1, -0.05) is 22.0 Å². The van der Waals surface area contributed by atoms with E-state index in [0.29, 0.717) is 10.0 Å². The number of halogens is 2. The number of rotatable bonds is 7. The van der Waals surface area contributed by atoms with Crippen molar-refractivity contribution in [2.45, 2.75) is 11.4 Å². The van der Waals surface area contributed by atoms with Crippen molar-refractivity contribution in [2.75, 3.05) is 20.3 Å². The van der Waals surface area contributed by atoms with Crippen molar-refractivity contribution in [2.24, 2.45) is 0 Å². The Morgan fingerprint density at radius 2 is 1.92 bits per heavy atom. The molecule has 0 heterocycles. The summed E-state index contributed by atoms with van der Waals surface area (Å²) in [5, 5.41) is 8.83. The van der Waals surface area contributed by atoms with Gasteiger partial charge in [-0.05, 0) is 36.4 Å². The molecular formula is C17H16BrFN2O3S. The first-order valence-electron chi connectivity index (χ1n) is 7.31. The van der Waals surface area contributed by atoms with Crippen LogP contribution in [0.3, 0.4) is 0 Å². The zero-order valence-corrected chi connectivity index (χ0v) is 15.8. The van der Waals surface area contributed by atoms with E-state index in [1.54, 1.807) is 6.07 Å². The molecule has 0 aromatic heterocycles. The van der Waals surface area contributed by atoms with Gasteiger partial charge in [0.05, 0.1) is 23.1 Å². The Hall–Kier alpha value is -1.79. The maximum atomic E-state index is 14.1. The van der Waals surface area contributed by atoms with Crippen LogP contribution in [-0.4, -0.2) is 33.0 Å². The van der Waals surface area contributed by atoms with Gasteiger partial charge >= 0.3 is 0 Å². The van der Waals surface area contributed by atoms with Crippen molar-refractivity contribution in [3.8, 4) is 6.07 Å². The third-order valence-corrected chi connectivity index (χ3v) is 5.88. The Morgan fingerprint density at radius 3 is 2.48 bits per heavy atom. The SMILES string of the molecule is COCCN(Cc1ccc(Br)cc1F)S(=O)(=O)c1ccc(C#N)cc1. The summed E-state index contributed by atoms with van der Waals surface area (Å²) in [4.78, 5) is 0.0418. The van der Waals surface area contributed by atoms with Gasteiger partial charge in [-0.15, -0.1) is 0 Å². The van der Waals surface area contributed by atoms with Crippen LogP contribution in [0.1, 0.15) is 11.1 Å². The lowest BCUT2D eigenvalue weighted by molar-refractivity contribution is 0.177. The molecule has 0 aliphatic heterocycles.